The molecule has 0 aromatic heterocycles. The number of carbonyl (C=O) groups excluding carboxylic acids is 2. The summed E-state index contributed by atoms with van der Waals surface area (Å²) >= 11 is 1.23. The van der Waals surface area contributed by atoms with Gasteiger partial charge in [-0.1, -0.05) is 76.6 Å². The molecule has 8 N–H and O–H groups in total. The molecule has 0 spiro atoms. The minimum Gasteiger partial charge on any atom is -0.453 e. The molecule has 0 saturated carbocycles. The molecule has 4 aromatic carbocycles. The van der Waals surface area contributed by atoms with Crippen molar-refractivity contribution in [2.75, 3.05) is 79.7 Å². The molecule has 0 bridgehead atoms. The molecule has 4 aliphatic rings. The first kappa shape index (κ1) is 78.3. The summed E-state index contributed by atoms with van der Waals surface area (Å²) in [5.74, 6) is 5.29. The molecule has 1 fully saturated rings. The molecule has 97 heavy (non-hydrogen) atoms. The van der Waals surface area contributed by atoms with Gasteiger partial charge in [-0.05, 0) is 109 Å². The molecule has 3 aliphatic heterocycles. The van der Waals surface area contributed by atoms with Crippen molar-refractivity contribution < 1.29 is 120 Å². The van der Waals surface area contributed by atoms with Gasteiger partial charge in [-0.2, -0.15) is 8.62 Å². The zero-order chi connectivity index (χ0) is 70.8. The molecule has 530 valence electrons. The summed E-state index contributed by atoms with van der Waals surface area (Å²) in [6.45, 7) is 13.9. The SMILES string of the molecule is [B]C1CC(OP(=O)(O)Oc2ccc(Cl)c(C#CCOCCOCCOCCOCCNC(=O)CCCCCNC(=O)c3ccc(C4=c5cc6c(c(S(=O)O)c5Oc5c4cc4c(c5S(=O)O)CC(C)C4(C)C)=NC(C)C6(C)C)cc3)c2)C(COP(=O)(O)OP(=O)(O)OP(=O)(O)OC)O1. The molecule has 11 atom stereocenters. The van der Waals surface area contributed by atoms with Gasteiger partial charge in [-0.15, -0.1) is 0 Å². The van der Waals surface area contributed by atoms with Crippen molar-refractivity contribution in [3.8, 4) is 29.1 Å². The maximum Gasteiger partial charge on any atom is 0.527 e. The smallest absolute Gasteiger partial charge is 0.453 e. The number of hydrogen-bond acceptors (Lipinski definition) is 21. The third-order valence-corrected chi connectivity index (χ3v) is 23.8. The van der Waals surface area contributed by atoms with Gasteiger partial charge in [0.05, 0.1) is 69.3 Å². The lowest BCUT2D eigenvalue weighted by atomic mass is 9.78. The number of nitrogens with one attached hydrogen (secondary N) is 2. The minimum absolute atomic E-state index is 0.00469. The molecule has 4 aromatic rings. The van der Waals surface area contributed by atoms with E-state index in [0.29, 0.717) is 105 Å². The topological polar surface area (TPSA) is 405 Å². The first-order valence-electron chi connectivity index (χ1n) is 30.5. The van der Waals surface area contributed by atoms with E-state index in [9.17, 15) is 64.9 Å². The van der Waals surface area contributed by atoms with Crippen LogP contribution in [0.3, 0.4) is 0 Å². The van der Waals surface area contributed by atoms with Crippen molar-refractivity contribution in [1.82, 2.24) is 10.6 Å². The van der Waals surface area contributed by atoms with E-state index < -0.39 is 83.7 Å². The van der Waals surface area contributed by atoms with Crippen molar-refractivity contribution >= 4 is 90.3 Å². The highest BCUT2D eigenvalue weighted by Gasteiger charge is 2.47. The Bertz CT molecular complexity index is 4030. The van der Waals surface area contributed by atoms with Crippen molar-refractivity contribution in [3.63, 3.8) is 0 Å². The normalized spacial score (nSPS) is 21.9. The average molecular weight is 1490 g/mol. The fraction of sp³-hybridized carbons (Fsp3) is 0.517. The van der Waals surface area contributed by atoms with Gasteiger partial charge >= 0.3 is 31.3 Å². The molecule has 1 saturated heterocycles. The molecule has 29 nitrogen and oxygen atoms in total. The highest BCUT2D eigenvalue weighted by atomic mass is 35.5. The first-order chi connectivity index (χ1) is 45.6. The van der Waals surface area contributed by atoms with E-state index >= 15 is 0 Å². The van der Waals surface area contributed by atoms with Gasteiger partial charge in [0.2, 0.25) is 5.91 Å². The first-order valence-corrected chi connectivity index (χ1v) is 39.1. The van der Waals surface area contributed by atoms with Gasteiger partial charge < -0.3 is 67.4 Å². The van der Waals surface area contributed by atoms with Gasteiger partial charge in [0.15, 0.2) is 33.7 Å². The van der Waals surface area contributed by atoms with Crippen molar-refractivity contribution in [3.05, 3.63) is 109 Å². The molecule has 3 heterocycles. The molecule has 8 rings (SSSR count). The molecule has 2 amide bonds. The summed E-state index contributed by atoms with van der Waals surface area (Å²) in [7, 11) is -15.0. The van der Waals surface area contributed by atoms with Crippen LogP contribution in [0.25, 0.3) is 5.57 Å². The lowest BCUT2D eigenvalue weighted by molar-refractivity contribution is -0.121. The number of nitrogens with zero attached hydrogens (tertiary/aromatic N) is 1. The summed E-state index contributed by atoms with van der Waals surface area (Å²) < 4.78 is 158. The second-order valence-electron chi connectivity index (χ2n) is 23.9. The van der Waals surface area contributed by atoms with E-state index in [-0.39, 0.29) is 106 Å². The number of benzene rings is 4. The van der Waals surface area contributed by atoms with Crippen LogP contribution < -0.4 is 30.5 Å². The number of halogens is 1. The fourth-order valence-electron chi connectivity index (χ4n) is 11.0. The minimum atomic E-state index is -5.70. The summed E-state index contributed by atoms with van der Waals surface area (Å²) in [6, 6.07) is 13.5. The van der Waals surface area contributed by atoms with Gasteiger partial charge in [0, 0.05) is 65.5 Å². The third-order valence-electron chi connectivity index (χ3n) is 16.7. The summed E-state index contributed by atoms with van der Waals surface area (Å²) in [4.78, 5) is 70.1. The zero-order valence-electron chi connectivity index (χ0n) is 54.0. The summed E-state index contributed by atoms with van der Waals surface area (Å²) in [5, 5.41) is 6.87. The molecular weight excluding hydrogens is 1410 g/mol. The summed E-state index contributed by atoms with van der Waals surface area (Å²) in [6.07, 6.45) is -0.289. The van der Waals surface area contributed by atoms with Crippen LogP contribution in [0.1, 0.15) is 117 Å². The van der Waals surface area contributed by atoms with E-state index in [2.05, 4.69) is 60.9 Å². The Morgan fingerprint density at radius 3 is 2.07 bits per heavy atom. The van der Waals surface area contributed by atoms with Gasteiger partial charge in [0.1, 0.15) is 42.2 Å². The second-order valence-corrected chi connectivity index (χ2v) is 32.2. The number of phosphoric acid groups is 4. The Balaban J connectivity index is 0.677. The van der Waals surface area contributed by atoms with E-state index in [4.69, 9.17) is 61.9 Å². The number of rotatable bonds is 35. The highest BCUT2D eigenvalue weighted by molar-refractivity contribution is 7.79. The molecule has 2 radical (unpaired) electrons. The maximum absolute atomic E-state index is 13.4. The Morgan fingerprint density at radius 1 is 0.763 bits per heavy atom. The van der Waals surface area contributed by atoms with Crippen LogP contribution in [0.2, 0.25) is 5.02 Å². The number of unbranched alkanes of at least 4 members (excludes halogenated alkanes) is 2. The molecule has 11 unspecified atom stereocenters. The quantitative estimate of drug-likeness (QED) is 0.00648. The van der Waals surface area contributed by atoms with Crippen LogP contribution in [0.4, 0.5) is 0 Å². The lowest BCUT2D eigenvalue weighted by Gasteiger charge is -2.30. The second kappa shape index (κ2) is 33.6. The Labute approximate surface area is 571 Å². The Morgan fingerprint density at radius 2 is 1.41 bits per heavy atom. The number of amides is 2. The monoisotopic (exact) mass is 1490 g/mol. The van der Waals surface area contributed by atoms with Crippen molar-refractivity contribution in [2.24, 2.45) is 10.9 Å². The van der Waals surface area contributed by atoms with E-state index in [1.807, 2.05) is 32.9 Å². The Hall–Kier alpha value is -4.42. The van der Waals surface area contributed by atoms with E-state index in [1.165, 1.54) is 18.2 Å². The predicted molar refractivity (Wildman–Crippen MR) is 353 cm³/mol. The number of hydrogen-bond donors (Lipinski definition) is 8. The maximum atomic E-state index is 13.4. The fourth-order valence-corrected chi connectivity index (χ4v) is 16.8. The van der Waals surface area contributed by atoms with Crippen LogP contribution in [0.15, 0.2) is 69.4 Å². The predicted octanol–water partition coefficient (Wildman–Crippen LogP) is 7.29. The summed E-state index contributed by atoms with van der Waals surface area (Å²) in [5.41, 5.74) is 4.05. The van der Waals surface area contributed by atoms with E-state index in [0.717, 1.165) is 16.7 Å². The van der Waals surface area contributed by atoms with Crippen LogP contribution >= 0.6 is 42.9 Å². The van der Waals surface area contributed by atoms with Crippen molar-refractivity contribution in [2.45, 2.75) is 125 Å². The lowest BCUT2D eigenvalue weighted by Crippen LogP contribution is -2.32. The Kier molecular flexibility index (Phi) is 27.1. The standard InChI is InChI=1S/C60H77BClN3O26P4S2/c1-36-30-42-45(59(36,3)4)32-43-52(44-33-46-53(65-37(2)60(46,5)6)57(97(78)79)55(44)87-54(43)56(42)96(76)77)38-14-16-39(17-15-38)58(67)64-20-10-8-9-13-51(66)63-21-23-82-25-27-84-29-28-83-26-24-81-22-11-12-40-31-41(18-19-47(40)62)88-94(72,73)89-48-34-50(61)86-49(48)35-85-93(70,71)91-95(74,75)90-92(68,69)80-7/h14-19,31-33,36-37,48-50H,8-10,13,20-30,34-35H2,1-7H3,(H,63,66)(H,64,67)(H,68,69)(H,70,71)(H,72,73)(H,74,75)(H,76,77)(H,78,79). The van der Waals surface area contributed by atoms with Gasteiger partial charge in [-0.25, -0.2) is 26.7 Å². The van der Waals surface area contributed by atoms with E-state index in [1.54, 1.807) is 24.3 Å². The third kappa shape index (κ3) is 20.4. The molecule has 1 aliphatic carbocycles. The molecular formula is C60H77BClN3O26P4S2. The van der Waals surface area contributed by atoms with Crippen LogP contribution in [0.5, 0.6) is 17.2 Å². The number of ether oxygens (including phenoxy) is 6. The van der Waals surface area contributed by atoms with Crippen LogP contribution in [0, 0.1) is 17.8 Å². The van der Waals surface area contributed by atoms with Crippen LogP contribution in [-0.4, -0.2) is 161 Å². The largest absolute Gasteiger partial charge is 0.527 e. The van der Waals surface area contributed by atoms with Gasteiger partial charge in [-0.3, -0.25) is 33.0 Å². The van der Waals surface area contributed by atoms with Crippen LogP contribution in [-0.2, 0) is 108 Å². The van der Waals surface area contributed by atoms with Gasteiger partial charge in [0.25, 0.3) is 5.91 Å². The molecule has 37 heteroatoms. The number of phosphoric ester groups is 3. The highest BCUT2D eigenvalue weighted by Crippen LogP contribution is 2.67. The van der Waals surface area contributed by atoms with Crippen molar-refractivity contribution in [1.29, 1.82) is 0 Å². The number of fused-ring (bicyclic) bond motifs is 4. The zero-order valence-corrected chi connectivity index (χ0v) is 59.9. The average Bonchev–Trinajstić information content (AvgIpc) is 1.66. The number of carbonyl (C=O) groups is 2.